The normalized spacial score (nSPS) is 11.9. The van der Waals surface area contributed by atoms with Crippen molar-refractivity contribution in [3.8, 4) is 0 Å². The van der Waals surface area contributed by atoms with E-state index in [1.807, 2.05) is 0 Å². The minimum absolute atomic E-state index is 0.839. The summed E-state index contributed by atoms with van der Waals surface area (Å²) in [5.74, 6) is 0. The number of benzene rings is 2. The molecule has 2 aromatic carbocycles. The lowest BCUT2D eigenvalue weighted by molar-refractivity contribution is 0.718. The second-order valence-electron chi connectivity index (χ2n) is 6.26. The summed E-state index contributed by atoms with van der Waals surface area (Å²) >= 11 is 0. The van der Waals surface area contributed by atoms with Gasteiger partial charge >= 0.3 is 0 Å². The molecule has 0 amide bonds. The average Bonchev–Trinajstić information content (AvgIpc) is 2.79. The molecule has 0 aliphatic carbocycles. The number of fused-ring (bicyclic) bond motifs is 1. The van der Waals surface area contributed by atoms with Crippen LogP contribution in [0.3, 0.4) is 0 Å². The van der Waals surface area contributed by atoms with Gasteiger partial charge in [-0.3, -0.25) is 4.68 Å². The van der Waals surface area contributed by atoms with Crippen LogP contribution in [0.25, 0.3) is 10.9 Å². The molecule has 0 spiro atoms. The van der Waals surface area contributed by atoms with Gasteiger partial charge in [-0.1, -0.05) is 68.2 Å². The van der Waals surface area contributed by atoms with E-state index in [4.69, 9.17) is 5.10 Å². The topological polar surface area (TPSA) is 17.8 Å². The number of aromatic nitrogens is 2. The van der Waals surface area contributed by atoms with Gasteiger partial charge in [0.2, 0.25) is 0 Å². The highest BCUT2D eigenvalue weighted by Gasteiger charge is 2.24. The maximum absolute atomic E-state index is 4.93. The quantitative estimate of drug-likeness (QED) is 0.670. The van der Waals surface area contributed by atoms with Gasteiger partial charge in [0.15, 0.2) is 0 Å². The van der Waals surface area contributed by atoms with E-state index in [0.717, 1.165) is 6.54 Å². The average molecular weight is 280 g/mol. The summed E-state index contributed by atoms with van der Waals surface area (Å²) in [4.78, 5) is 0. The molecule has 0 N–H and O–H groups in total. The van der Waals surface area contributed by atoms with Crippen molar-refractivity contribution in [3.63, 3.8) is 0 Å². The highest BCUT2D eigenvalue weighted by atomic mass is 28.3. The van der Waals surface area contributed by atoms with Crippen molar-refractivity contribution in [1.29, 1.82) is 0 Å². The van der Waals surface area contributed by atoms with E-state index in [1.54, 1.807) is 0 Å². The molecule has 0 saturated carbocycles. The smallest absolute Gasteiger partial charge is 0.104 e. The van der Waals surface area contributed by atoms with Crippen molar-refractivity contribution < 1.29 is 0 Å². The second kappa shape index (κ2) is 4.91. The number of rotatable bonds is 3. The Labute approximate surface area is 121 Å². The van der Waals surface area contributed by atoms with Crippen LogP contribution in [0.15, 0.2) is 54.6 Å². The van der Waals surface area contributed by atoms with Gasteiger partial charge in [0.1, 0.15) is 8.07 Å². The third-order valence-corrected chi connectivity index (χ3v) is 5.33. The molecule has 0 aliphatic rings. The first-order valence-electron chi connectivity index (χ1n) is 7.06. The van der Waals surface area contributed by atoms with Gasteiger partial charge in [0.25, 0.3) is 0 Å². The van der Waals surface area contributed by atoms with E-state index in [1.165, 1.54) is 21.8 Å². The van der Waals surface area contributed by atoms with E-state index in [0.29, 0.717) is 0 Å². The molecule has 3 aromatic rings. The van der Waals surface area contributed by atoms with Crippen LogP contribution in [0.5, 0.6) is 0 Å². The van der Waals surface area contributed by atoms with Crippen molar-refractivity contribution in [3.05, 3.63) is 60.2 Å². The minimum atomic E-state index is -1.43. The van der Waals surface area contributed by atoms with Crippen LogP contribution in [-0.4, -0.2) is 17.9 Å². The fraction of sp³-hybridized carbons (Fsp3) is 0.235. The maximum Gasteiger partial charge on any atom is 0.104 e. The predicted octanol–water partition coefficient (Wildman–Crippen LogP) is 3.63. The van der Waals surface area contributed by atoms with Crippen molar-refractivity contribution in [2.45, 2.75) is 26.2 Å². The molecule has 1 aromatic heterocycles. The van der Waals surface area contributed by atoms with Crippen LogP contribution in [0.1, 0.15) is 5.56 Å². The molecule has 0 radical (unpaired) electrons. The van der Waals surface area contributed by atoms with Gasteiger partial charge in [-0.2, -0.15) is 5.10 Å². The zero-order valence-electron chi connectivity index (χ0n) is 12.3. The Morgan fingerprint density at radius 1 is 0.900 bits per heavy atom. The van der Waals surface area contributed by atoms with E-state index < -0.39 is 8.07 Å². The fourth-order valence-electron chi connectivity index (χ4n) is 2.56. The Morgan fingerprint density at radius 3 is 2.25 bits per heavy atom. The molecule has 2 nitrogen and oxygen atoms in total. The summed E-state index contributed by atoms with van der Waals surface area (Å²) in [5, 5.41) is 7.57. The minimum Gasteiger partial charge on any atom is -0.261 e. The van der Waals surface area contributed by atoms with Crippen molar-refractivity contribution in [2.24, 2.45) is 0 Å². The Bertz CT molecular complexity index is 724. The van der Waals surface area contributed by atoms with E-state index >= 15 is 0 Å². The molecule has 3 heteroatoms. The lowest BCUT2D eigenvalue weighted by Crippen LogP contribution is -2.39. The van der Waals surface area contributed by atoms with Crippen LogP contribution in [-0.2, 0) is 6.54 Å². The Hall–Kier alpha value is -1.87. The van der Waals surface area contributed by atoms with Gasteiger partial charge in [0.05, 0.1) is 17.4 Å². The SMILES string of the molecule is C[Si](C)(C)c1nn(Cc2ccccc2)c2ccccc12. The molecule has 20 heavy (non-hydrogen) atoms. The summed E-state index contributed by atoms with van der Waals surface area (Å²) in [5.41, 5.74) is 2.54. The van der Waals surface area contributed by atoms with Gasteiger partial charge < -0.3 is 0 Å². The first-order valence-corrected chi connectivity index (χ1v) is 10.6. The third-order valence-electron chi connectivity index (χ3n) is 3.54. The number of hydrogen-bond acceptors (Lipinski definition) is 1. The van der Waals surface area contributed by atoms with Crippen molar-refractivity contribution >= 4 is 24.3 Å². The van der Waals surface area contributed by atoms with E-state index in [9.17, 15) is 0 Å². The van der Waals surface area contributed by atoms with Gasteiger partial charge in [-0.15, -0.1) is 0 Å². The summed E-state index contributed by atoms with van der Waals surface area (Å²) < 4.78 is 2.15. The summed E-state index contributed by atoms with van der Waals surface area (Å²) in [6, 6.07) is 19.1. The summed E-state index contributed by atoms with van der Waals surface area (Å²) in [7, 11) is -1.43. The van der Waals surface area contributed by atoms with Crippen LogP contribution in [0, 0.1) is 0 Å². The van der Waals surface area contributed by atoms with Crippen molar-refractivity contribution in [2.75, 3.05) is 0 Å². The standard InChI is InChI=1S/C17H20N2Si/c1-20(2,3)17-15-11-7-8-12-16(15)19(18-17)13-14-9-5-4-6-10-14/h4-12H,13H2,1-3H3. The van der Waals surface area contributed by atoms with E-state index in [-0.39, 0.29) is 0 Å². The molecule has 0 bridgehead atoms. The number of para-hydroxylation sites is 1. The maximum atomic E-state index is 4.93. The summed E-state index contributed by atoms with van der Waals surface area (Å²) in [6.07, 6.45) is 0. The Morgan fingerprint density at radius 2 is 1.55 bits per heavy atom. The molecule has 0 unspecified atom stereocenters. The van der Waals surface area contributed by atoms with E-state index in [2.05, 4.69) is 78.9 Å². The van der Waals surface area contributed by atoms with Crippen molar-refractivity contribution in [1.82, 2.24) is 9.78 Å². The zero-order chi connectivity index (χ0) is 14.2. The lowest BCUT2D eigenvalue weighted by atomic mass is 10.2. The highest BCUT2D eigenvalue weighted by molar-refractivity contribution is 6.89. The fourth-order valence-corrected chi connectivity index (χ4v) is 4.00. The van der Waals surface area contributed by atoms with Gasteiger partial charge in [-0.25, -0.2) is 0 Å². The van der Waals surface area contributed by atoms with Gasteiger partial charge in [0, 0.05) is 5.39 Å². The molecule has 0 atom stereocenters. The molecule has 1 heterocycles. The number of nitrogens with zero attached hydrogens (tertiary/aromatic N) is 2. The second-order valence-corrected chi connectivity index (χ2v) is 11.2. The number of hydrogen-bond donors (Lipinski definition) is 0. The zero-order valence-corrected chi connectivity index (χ0v) is 13.3. The van der Waals surface area contributed by atoms with Crippen LogP contribution < -0.4 is 5.32 Å². The summed E-state index contributed by atoms with van der Waals surface area (Å²) in [6.45, 7) is 7.91. The lowest BCUT2D eigenvalue weighted by Gasteiger charge is -2.12. The first-order chi connectivity index (χ1) is 9.55. The molecule has 0 fully saturated rings. The first kappa shape index (κ1) is 13.1. The van der Waals surface area contributed by atoms with Crippen LogP contribution in [0.4, 0.5) is 0 Å². The third kappa shape index (κ3) is 2.41. The monoisotopic (exact) mass is 280 g/mol. The molecular weight excluding hydrogens is 260 g/mol. The largest absolute Gasteiger partial charge is 0.261 e. The van der Waals surface area contributed by atoms with Crippen LogP contribution >= 0.6 is 0 Å². The van der Waals surface area contributed by atoms with Gasteiger partial charge in [-0.05, 0) is 11.6 Å². The molecular formula is C17H20N2Si. The Balaban J connectivity index is 2.12. The highest BCUT2D eigenvalue weighted by Crippen LogP contribution is 2.17. The molecule has 0 saturated heterocycles. The molecule has 3 rings (SSSR count). The van der Waals surface area contributed by atoms with Crippen LogP contribution in [0.2, 0.25) is 19.6 Å². The molecule has 0 aliphatic heterocycles. The Kier molecular flexibility index (Phi) is 3.22. The molecule has 102 valence electrons. The predicted molar refractivity (Wildman–Crippen MR) is 88.3 cm³/mol.